The van der Waals surface area contributed by atoms with Crippen LogP contribution in [0.1, 0.15) is 48.3 Å². The largest absolute Gasteiger partial charge is 0.375 e. The molecule has 5 heteroatoms. The van der Waals surface area contributed by atoms with Gasteiger partial charge >= 0.3 is 0 Å². The van der Waals surface area contributed by atoms with Gasteiger partial charge in [-0.1, -0.05) is 6.07 Å². The summed E-state index contributed by atoms with van der Waals surface area (Å²) in [6.45, 7) is 4.89. The number of pyridine rings is 1. The molecule has 3 aliphatic rings. The van der Waals surface area contributed by atoms with Crippen LogP contribution >= 0.6 is 0 Å². The minimum Gasteiger partial charge on any atom is -0.375 e. The number of nitrogens with zero attached hydrogens (tertiary/aromatic N) is 2. The molecule has 2 saturated heterocycles. The average Bonchev–Trinajstić information content (AvgIpc) is 3.35. The van der Waals surface area contributed by atoms with Crippen molar-refractivity contribution in [2.24, 2.45) is 5.92 Å². The van der Waals surface area contributed by atoms with E-state index in [0.717, 1.165) is 44.0 Å². The summed E-state index contributed by atoms with van der Waals surface area (Å²) < 4.78 is 12.2. The molecule has 3 fully saturated rings. The van der Waals surface area contributed by atoms with Crippen molar-refractivity contribution in [3.05, 3.63) is 29.6 Å². The Labute approximate surface area is 143 Å². The first-order chi connectivity index (χ1) is 11.6. The molecule has 0 radical (unpaired) electrons. The summed E-state index contributed by atoms with van der Waals surface area (Å²) in [6.07, 6.45) is 5.71. The van der Waals surface area contributed by atoms with Gasteiger partial charge in [0.05, 0.1) is 24.9 Å². The van der Waals surface area contributed by atoms with Gasteiger partial charge < -0.3 is 14.4 Å². The van der Waals surface area contributed by atoms with Gasteiger partial charge in [-0.25, -0.2) is 4.98 Å². The molecule has 0 bridgehead atoms. The van der Waals surface area contributed by atoms with Crippen LogP contribution in [0.15, 0.2) is 18.2 Å². The lowest BCUT2D eigenvalue weighted by atomic mass is 9.89. The molecule has 24 heavy (non-hydrogen) atoms. The molecule has 4 rings (SSSR count). The fourth-order valence-electron chi connectivity index (χ4n) is 3.85. The Morgan fingerprint density at radius 2 is 2.33 bits per heavy atom. The molecule has 1 aromatic rings. The number of aryl methyl sites for hydroxylation is 1. The Hall–Kier alpha value is -1.46. The van der Waals surface area contributed by atoms with Crippen LogP contribution in [0.3, 0.4) is 0 Å². The van der Waals surface area contributed by atoms with Crippen molar-refractivity contribution in [2.45, 2.75) is 50.7 Å². The molecule has 130 valence electrons. The maximum Gasteiger partial charge on any atom is 0.272 e. The molecule has 0 N–H and O–H groups in total. The van der Waals surface area contributed by atoms with Crippen molar-refractivity contribution in [1.29, 1.82) is 0 Å². The number of aromatic nitrogens is 1. The number of likely N-dealkylation sites (tertiary alicyclic amines) is 1. The lowest BCUT2D eigenvalue weighted by Crippen LogP contribution is -2.50. The molecule has 3 heterocycles. The third-order valence-corrected chi connectivity index (χ3v) is 5.37. The third-order valence-electron chi connectivity index (χ3n) is 5.37. The van der Waals surface area contributed by atoms with Gasteiger partial charge in [-0.2, -0.15) is 0 Å². The predicted octanol–water partition coefficient (Wildman–Crippen LogP) is 2.58. The van der Waals surface area contributed by atoms with E-state index in [1.807, 2.05) is 24.0 Å². The molecule has 1 saturated carbocycles. The van der Waals surface area contributed by atoms with E-state index in [1.165, 1.54) is 12.8 Å². The van der Waals surface area contributed by atoms with E-state index < -0.39 is 0 Å². The van der Waals surface area contributed by atoms with Crippen molar-refractivity contribution < 1.29 is 14.3 Å². The average molecular weight is 330 g/mol. The fourth-order valence-corrected chi connectivity index (χ4v) is 3.85. The van der Waals surface area contributed by atoms with Crippen molar-refractivity contribution in [2.75, 3.05) is 26.3 Å². The first-order valence-corrected chi connectivity index (χ1v) is 9.12. The minimum atomic E-state index is -0.216. The number of hydrogen-bond acceptors (Lipinski definition) is 4. The molecule has 1 amide bonds. The number of rotatable bonds is 4. The molecule has 1 aliphatic carbocycles. The number of carbonyl (C=O) groups excluding carboxylic acids is 1. The van der Waals surface area contributed by atoms with Crippen LogP contribution in [0.2, 0.25) is 0 Å². The normalized spacial score (nSPS) is 30.0. The molecule has 5 nitrogen and oxygen atoms in total. The Morgan fingerprint density at radius 1 is 1.46 bits per heavy atom. The number of ether oxygens (including phenoxy) is 2. The topological polar surface area (TPSA) is 51.7 Å². The zero-order valence-corrected chi connectivity index (χ0v) is 14.4. The Morgan fingerprint density at radius 3 is 3.12 bits per heavy atom. The maximum atomic E-state index is 12.8. The van der Waals surface area contributed by atoms with E-state index in [2.05, 4.69) is 4.98 Å². The molecule has 0 unspecified atom stereocenters. The highest BCUT2D eigenvalue weighted by atomic mass is 16.6. The van der Waals surface area contributed by atoms with Crippen molar-refractivity contribution in [3.8, 4) is 0 Å². The van der Waals surface area contributed by atoms with Gasteiger partial charge in [0.25, 0.3) is 5.91 Å². The van der Waals surface area contributed by atoms with E-state index in [9.17, 15) is 4.79 Å². The minimum absolute atomic E-state index is 0.0173. The number of carbonyl (C=O) groups is 1. The quantitative estimate of drug-likeness (QED) is 0.851. The Bertz CT molecular complexity index is 616. The second-order valence-electron chi connectivity index (χ2n) is 7.59. The van der Waals surface area contributed by atoms with Gasteiger partial charge in [0.1, 0.15) is 5.69 Å². The van der Waals surface area contributed by atoms with Crippen molar-refractivity contribution in [3.63, 3.8) is 0 Å². The number of hydrogen-bond donors (Lipinski definition) is 0. The second kappa shape index (κ2) is 6.45. The van der Waals surface area contributed by atoms with Gasteiger partial charge in [0.2, 0.25) is 0 Å². The van der Waals surface area contributed by atoms with Gasteiger partial charge in [-0.05, 0) is 50.7 Å². The van der Waals surface area contributed by atoms with E-state index in [0.29, 0.717) is 18.8 Å². The van der Waals surface area contributed by atoms with E-state index >= 15 is 0 Å². The van der Waals surface area contributed by atoms with E-state index in [-0.39, 0.29) is 17.6 Å². The van der Waals surface area contributed by atoms with Crippen LogP contribution in [0, 0.1) is 12.8 Å². The monoisotopic (exact) mass is 330 g/mol. The predicted molar refractivity (Wildman–Crippen MR) is 89.9 cm³/mol. The standard InChI is InChI=1S/C19H26N2O3/c1-14-4-2-5-17(20-14)18(22)21-9-3-8-19(13-21)10-16(12-24-19)23-11-15-6-7-15/h2,4-5,15-16H,3,6-13H2,1H3/t16-,19+/m0/s1. The zero-order valence-electron chi connectivity index (χ0n) is 14.4. The highest BCUT2D eigenvalue weighted by molar-refractivity contribution is 5.92. The summed E-state index contributed by atoms with van der Waals surface area (Å²) in [5, 5.41) is 0. The van der Waals surface area contributed by atoms with E-state index in [1.54, 1.807) is 6.07 Å². The first kappa shape index (κ1) is 16.0. The highest BCUT2D eigenvalue weighted by Gasteiger charge is 2.45. The fraction of sp³-hybridized carbons (Fsp3) is 0.684. The van der Waals surface area contributed by atoms with Crippen LogP contribution in [0.5, 0.6) is 0 Å². The van der Waals surface area contributed by atoms with Crippen LogP contribution < -0.4 is 0 Å². The number of piperidine rings is 1. The summed E-state index contributed by atoms with van der Waals surface area (Å²) in [5.74, 6) is 0.794. The van der Waals surface area contributed by atoms with Crippen molar-refractivity contribution >= 4 is 5.91 Å². The van der Waals surface area contributed by atoms with Crippen LogP contribution in [-0.2, 0) is 9.47 Å². The molecule has 0 aromatic carbocycles. The molecular weight excluding hydrogens is 304 g/mol. The van der Waals surface area contributed by atoms with Crippen LogP contribution in [0.25, 0.3) is 0 Å². The Kier molecular flexibility index (Phi) is 4.31. The molecule has 1 aromatic heterocycles. The third kappa shape index (κ3) is 3.47. The van der Waals surface area contributed by atoms with Crippen molar-refractivity contribution in [1.82, 2.24) is 9.88 Å². The van der Waals surface area contributed by atoms with E-state index in [4.69, 9.17) is 9.47 Å². The molecular formula is C19H26N2O3. The van der Waals surface area contributed by atoms with Crippen LogP contribution in [-0.4, -0.2) is 53.8 Å². The zero-order chi connectivity index (χ0) is 16.6. The lowest BCUT2D eigenvalue weighted by molar-refractivity contribution is -0.0466. The van der Waals surface area contributed by atoms with Gasteiger partial charge in [0.15, 0.2) is 0 Å². The lowest BCUT2D eigenvalue weighted by Gasteiger charge is -2.39. The maximum absolute atomic E-state index is 12.8. The smallest absolute Gasteiger partial charge is 0.272 e. The highest BCUT2D eigenvalue weighted by Crippen LogP contribution is 2.37. The summed E-state index contributed by atoms with van der Waals surface area (Å²) in [5.41, 5.74) is 1.19. The van der Waals surface area contributed by atoms with Gasteiger partial charge in [-0.3, -0.25) is 4.79 Å². The first-order valence-electron chi connectivity index (χ1n) is 9.12. The summed E-state index contributed by atoms with van der Waals surface area (Å²) in [4.78, 5) is 19.1. The van der Waals surface area contributed by atoms with Gasteiger partial charge in [0, 0.05) is 25.3 Å². The Balaban J connectivity index is 1.39. The SMILES string of the molecule is Cc1cccc(C(=O)N2CCC[C@@]3(C[C@H](OCC4CC4)CO3)C2)n1. The number of amides is 1. The molecule has 2 aliphatic heterocycles. The van der Waals surface area contributed by atoms with Gasteiger partial charge in [-0.15, -0.1) is 0 Å². The summed E-state index contributed by atoms with van der Waals surface area (Å²) in [6, 6.07) is 5.60. The molecule has 1 spiro atoms. The molecule has 2 atom stereocenters. The summed E-state index contributed by atoms with van der Waals surface area (Å²) in [7, 11) is 0. The second-order valence-corrected chi connectivity index (χ2v) is 7.59. The summed E-state index contributed by atoms with van der Waals surface area (Å²) >= 11 is 0. The van der Waals surface area contributed by atoms with Crippen LogP contribution in [0.4, 0.5) is 0 Å².